The van der Waals surface area contributed by atoms with Crippen molar-refractivity contribution in [1.82, 2.24) is 14.5 Å². The van der Waals surface area contributed by atoms with E-state index in [2.05, 4.69) is 34.3 Å². The Balaban J connectivity index is 1.95. The Kier molecular flexibility index (Phi) is 7.66. The molecule has 1 N–H and O–H groups in total. The fraction of sp³-hybridized carbons (Fsp3) is 0.571. The predicted octanol–water partition coefficient (Wildman–Crippen LogP) is 3.93. The molecule has 0 saturated carbocycles. The summed E-state index contributed by atoms with van der Waals surface area (Å²) in [4.78, 5) is 15.5. The number of hydrogen-bond acceptors (Lipinski definition) is 7. The molecule has 31 heavy (non-hydrogen) atoms. The molecule has 0 radical (unpaired) electrons. The maximum atomic E-state index is 13.2. The second-order valence-corrected chi connectivity index (χ2v) is 11.1. The van der Waals surface area contributed by atoms with Crippen LogP contribution in [0.25, 0.3) is 0 Å². The Morgan fingerprint density at radius 1 is 1.16 bits per heavy atom. The predicted molar refractivity (Wildman–Crippen MR) is 125 cm³/mol. The molecular weight excluding hydrogens is 434 g/mol. The van der Waals surface area contributed by atoms with E-state index in [1.54, 1.807) is 12.1 Å². The van der Waals surface area contributed by atoms with Crippen LogP contribution in [-0.4, -0.2) is 56.0 Å². The van der Waals surface area contributed by atoms with Gasteiger partial charge in [0.05, 0.1) is 10.5 Å². The van der Waals surface area contributed by atoms with E-state index >= 15 is 0 Å². The van der Waals surface area contributed by atoms with E-state index in [9.17, 15) is 13.2 Å². The maximum Gasteiger partial charge on any atom is 0.259 e. The Labute approximate surface area is 188 Å². The average Bonchev–Trinajstić information content (AvgIpc) is 3.22. The van der Waals surface area contributed by atoms with Crippen LogP contribution in [0.15, 0.2) is 23.1 Å². The van der Waals surface area contributed by atoms with Crippen molar-refractivity contribution in [3.05, 3.63) is 28.8 Å². The number of carbonyl (C=O) groups excluding carboxylic acids is 1. The number of piperidine rings is 1. The van der Waals surface area contributed by atoms with E-state index in [4.69, 9.17) is 0 Å². The van der Waals surface area contributed by atoms with Gasteiger partial charge in [0.15, 0.2) is 0 Å². The lowest BCUT2D eigenvalue weighted by Gasteiger charge is -2.30. The monoisotopic (exact) mass is 465 g/mol. The van der Waals surface area contributed by atoms with Gasteiger partial charge in [-0.2, -0.15) is 0 Å². The molecule has 0 atom stereocenters. The molecule has 8 nitrogen and oxygen atoms in total. The average molecular weight is 466 g/mol. The van der Waals surface area contributed by atoms with Gasteiger partial charge in [-0.25, -0.2) is 12.7 Å². The van der Waals surface area contributed by atoms with Gasteiger partial charge in [0.25, 0.3) is 5.91 Å². The van der Waals surface area contributed by atoms with Gasteiger partial charge in [-0.15, -0.1) is 10.2 Å². The number of carbonyl (C=O) groups is 1. The molecule has 0 unspecified atom stereocenters. The van der Waals surface area contributed by atoms with Crippen molar-refractivity contribution >= 4 is 38.1 Å². The summed E-state index contributed by atoms with van der Waals surface area (Å²) >= 11 is 1.37. The van der Waals surface area contributed by atoms with Crippen LogP contribution >= 0.6 is 11.3 Å². The topological polar surface area (TPSA) is 95.5 Å². The highest BCUT2D eigenvalue weighted by atomic mass is 32.2. The first-order valence-electron chi connectivity index (χ1n) is 10.7. The Bertz CT molecular complexity index is 1010. The van der Waals surface area contributed by atoms with Crippen LogP contribution < -0.4 is 10.2 Å². The number of aromatic nitrogens is 2. The standard InChI is InChI=1S/C21H31N5O3S2/c1-5-15(6-2)20-23-24-21(30-20)22-19(27)17-14-16(31(28,29)25(3)4)10-11-18(17)26-12-8-7-9-13-26/h10-11,14-15H,5-9,12-13H2,1-4H3,(H,22,24,27). The molecule has 0 aliphatic carbocycles. The van der Waals surface area contributed by atoms with Crippen LogP contribution in [0.5, 0.6) is 0 Å². The minimum absolute atomic E-state index is 0.0957. The molecule has 1 aromatic heterocycles. The highest BCUT2D eigenvalue weighted by Crippen LogP contribution is 2.31. The van der Waals surface area contributed by atoms with Crippen molar-refractivity contribution in [2.45, 2.75) is 56.8 Å². The smallest absolute Gasteiger partial charge is 0.259 e. The van der Waals surface area contributed by atoms with Gasteiger partial charge < -0.3 is 4.90 Å². The van der Waals surface area contributed by atoms with E-state index in [1.165, 1.54) is 31.5 Å². The number of amides is 1. The number of nitrogens with zero attached hydrogens (tertiary/aromatic N) is 4. The molecule has 0 bridgehead atoms. The summed E-state index contributed by atoms with van der Waals surface area (Å²) in [6.07, 6.45) is 5.18. The van der Waals surface area contributed by atoms with Crippen LogP contribution in [-0.2, 0) is 10.0 Å². The lowest BCUT2D eigenvalue weighted by molar-refractivity contribution is 0.102. The minimum Gasteiger partial charge on any atom is -0.371 e. The number of benzene rings is 1. The Hall–Kier alpha value is -2.04. The fourth-order valence-electron chi connectivity index (χ4n) is 3.73. The van der Waals surface area contributed by atoms with Gasteiger partial charge in [0.2, 0.25) is 15.2 Å². The van der Waals surface area contributed by atoms with Crippen LogP contribution in [0.4, 0.5) is 10.8 Å². The molecular formula is C21H31N5O3S2. The SMILES string of the molecule is CCC(CC)c1nnc(NC(=O)c2cc(S(=O)(=O)N(C)C)ccc2N2CCCCC2)s1. The van der Waals surface area contributed by atoms with Crippen LogP contribution in [0.3, 0.4) is 0 Å². The molecule has 1 aliphatic rings. The third-order valence-electron chi connectivity index (χ3n) is 5.68. The lowest BCUT2D eigenvalue weighted by Crippen LogP contribution is -2.32. The van der Waals surface area contributed by atoms with Crippen molar-refractivity contribution in [3.8, 4) is 0 Å². The van der Waals surface area contributed by atoms with Crippen LogP contribution in [0, 0.1) is 0 Å². The highest BCUT2D eigenvalue weighted by Gasteiger charge is 2.25. The van der Waals surface area contributed by atoms with E-state index in [0.717, 1.165) is 60.2 Å². The van der Waals surface area contributed by atoms with Gasteiger partial charge >= 0.3 is 0 Å². The number of hydrogen-bond donors (Lipinski definition) is 1. The zero-order valence-corrected chi connectivity index (χ0v) is 20.2. The molecule has 0 spiro atoms. The Morgan fingerprint density at radius 2 is 1.84 bits per heavy atom. The molecule has 1 fully saturated rings. The Morgan fingerprint density at radius 3 is 2.45 bits per heavy atom. The number of anilines is 2. The van der Waals surface area contributed by atoms with Gasteiger partial charge in [-0.3, -0.25) is 10.1 Å². The first-order chi connectivity index (χ1) is 14.8. The minimum atomic E-state index is -3.66. The second kappa shape index (κ2) is 10.1. The number of nitrogens with one attached hydrogen (secondary N) is 1. The summed E-state index contributed by atoms with van der Waals surface area (Å²) in [5.74, 6) is -0.0516. The van der Waals surface area contributed by atoms with Crippen molar-refractivity contribution in [1.29, 1.82) is 0 Å². The summed E-state index contributed by atoms with van der Waals surface area (Å²) in [5, 5.41) is 12.5. The van der Waals surface area contributed by atoms with E-state index < -0.39 is 10.0 Å². The third kappa shape index (κ3) is 5.24. The van der Waals surface area contributed by atoms with Gasteiger partial charge in [0.1, 0.15) is 5.01 Å². The molecule has 1 aromatic carbocycles. The van der Waals surface area contributed by atoms with Crippen LogP contribution in [0.2, 0.25) is 0 Å². The van der Waals surface area contributed by atoms with Gasteiger partial charge in [-0.1, -0.05) is 25.2 Å². The molecule has 1 saturated heterocycles. The van der Waals surface area contributed by atoms with E-state index in [1.807, 2.05) is 0 Å². The highest BCUT2D eigenvalue weighted by molar-refractivity contribution is 7.89. The summed E-state index contributed by atoms with van der Waals surface area (Å²) in [6.45, 7) is 5.90. The van der Waals surface area contributed by atoms with Crippen molar-refractivity contribution in [3.63, 3.8) is 0 Å². The zero-order valence-electron chi connectivity index (χ0n) is 18.6. The molecule has 170 valence electrons. The molecule has 1 amide bonds. The molecule has 1 aliphatic heterocycles. The first kappa shape index (κ1) is 23.6. The van der Waals surface area contributed by atoms with E-state index in [-0.39, 0.29) is 10.8 Å². The molecule has 3 rings (SSSR count). The number of sulfonamides is 1. The molecule has 2 aromatic rings. The van der Waals surface area contributed by atoms with E-state index in [0.29, 0.717) is 16.6 Å². The van der Waals surface area contributed by atoms with Crippen LogP contribution in [0.1, 0.15) is 67.2 Å². The summed E-state index contributed by atoms with van der Waals surface area (Å²) in [5.41, 5.74) is 1.09. The summed E-state index contributed by atoms with van der Waals surface area (Å²) in [6, 6.07) is 4.79. The van der Waals surface area contributed by atoms with Gasteiger partial charge in [-0.05, 0) is 50.3 Å². The normalized spacial score (nSPS) is 15.0. The second-order valence-electron chi connectivity index (χ2n) is 7.93. The summed E-state index contributed by atoms with van der Waals surface area (Å²) in [7, 11) is -0.697. The quantitative estimate of drug-likeness (QED) is 0.635. The largest absolute Gasteiger partial charge is 0.371 e. The maximum absolute atomic E-state index is 13.2. The molecule has 10 heteroatoms. The van der Waals surface area contributed by atoms with Crippen molar-refractivity contribution in [2.24, 2.45) is 0 Å². The molecule has 2 heterocycles. The van der Waals surface area contributed by atoms with Gasteiger partial charge in [0, 0.05) is 38.8 Å². The third-order valence-corrected chi connectivity index (χ3v) is 8.50. The summed E-state index contributed by atoms with van der Waals surface area (Å²) < 4.78 is 26.5. The zero-order chi connectivity index (χ0) is 22.6. The first-order valence-corrected chi connectivity index (χ1v) is 13.0. The lowest BCUT2D eigenvalue weighted by atomic mass is 10.1. The number of rotatable bonds is 8. The van der Waals surface area contributed by atoms with Crippen molar-refractivity contribution in [2.75, 3.05) is 37.4 Å². The fourth-order valence-corrected chi connectivity index (χ4v) is 5.66. The van der Waals surface area contributed by atoms with Crippen molar-refractivity contribution < 1.29 is 13.2 Å².